The zero-order valence-electron chi connectivity index (χ0n) is 13.4. The molecule has 2 aromatic carbocycles. The standard InChI is InChI=1S/C20H14O5/c1-9(21)10-6-7-13-14(8-10)20(25)16-15(19(13)24)17(22)11-4-2-3-5-12(11)18(16)23/h2-5,8,24-25H,6-7H2,1H3. The van der Waals surface area contributed by atoms with Gasteiger partial charge in [-0.15, -0.1) is 0 Å². The van der Waals surface area contributed by atoms with Crippen molar-refractivity contribution in [2.45, 2.75) is 19.8 Å². The molecule has 0 saturated carbocycles. The number of ketones is 3. The van der Waals surface area contributed by atoms with Gasteiger partial charge in [0.2, 0.25) is 0 Å². The maximum Gasteiger partial charge on any atom is 0.198 e. The van der Waals surface area contributed by atoms with Crippen molar-refractivity contribution >= 4 is 23.4 Å². The van der Waals surface area contributed by atoms with Gasteiger partial charge in [0.05, 0.1) is 11.1 Å². The minimum atomic E-state index is -0.510. The van der Waals surface area contributed by atoms with E-state index in [0.29, 0.717) is 24.0 Å². The second-order valence-corrected chi connectivity index (χ2v) is 6.27. The second kappa shape index (κ2) is 5.14. The van der Waals surface area contributed by atoms with E-state index in [-0.39, 0.29) is 45.1 Å². The molecule has 0 atom stereocenters. The Morgan fingerprint density at radius 2 is 1.48 bits per heavy atom. The lowest BCUT2D eigenvalue weighted by Crippen LogP contribution is -2.22. The van der Waals surface area contributed by atoms with Crippen LogP contribution in [0.15, 0.2) is 29.8 Å². The fourth-order valence-corrected chi connectivity index (χ4v) is 3.58. The van der Waals surface area contributed by atoms with Crippen LogP contribution in [-0.4, -0.2) is 27.6 Å². The molecule has 0 heterocycles. The van der Waals surface area contributed by atoms with Crippen LogP contribution in [0.1, 0.15) is 56.3 Å². The second-order valence-electron chi connectivity index (χ2n) is 6.27. The van der Waals surface area contributed by atoms with Gasteiger partial charge in [0.25, 0.3) is 0 Å². The maximum absolute atomic E-state index is 12.8. The van der Waals surface area contributed by atoms with Crippen molar-refractivity contribution in [3.8, 4) is 11.5 Å². The smallest absolute Gasteiger partial charge is 0.198 e. The van der Waals surface area contributed by atoms with Crippen LogP contribution in [0.2, 0.25) is 0 Å². The first kappa shape index (κ1) is 15.3. The van der Waals surface area contributed by atoms with Gasteiger partial charge in [-0.1, -0.05) is 24.3 Å². The summed E-state index contributed by atoms with van der Waals surface area (Å²) < 4.78 is 0. The average molecular weight is 334 g/mol. The highest BCUT2D eigenvalue weighted by molar-refractivity contribution is 6.30. The van der Waals surface area contributed by atoms with Crippen molar-refractivity contribution in [2.75, 3.05) is 0 Å². The molecule has 0 amide bonds. The van der Waals surface area contributed by atoms with Gasteiger partial charge in [-0.3, -0.25) is 14.4 Å². The number of fused-ring (bicyclic) bond motifs is 3. The molecule has 4 rings (SSSR count). The number of carbonyl (C=O) groups excluding carboxylic acids is 3. The monoisotopic (exact) mass is 334 g/mol. The fraction of sp³-hybridized carbons (Fsp3) is 0.150. The molecule has 124 valence electrons. The van der Waals surface area contributed by atoms with Crippen LogP contribution in [0.25, 0.3) is 6.08 Å². The third kappa shape index (κ3) is 1.99. The summed E-state index contributed by atoms with van der Waals surface area (Å²) in [6.45, 7) is 1.43. The Kier molecular flexibility index (Phi) is 3.15. The Hall–Kier alpha value is -3.21. The molecular formula is C20H14O5. The lowest BCUT2D eigenvalue weighted by molar-refractivity contribution is -0.113. The first-order chi connectivity index (χ1) is 11.9. The summed E-state index contributed by atoms with van der Waals surface area (Å²) in [4.78, 5) is 37.2. The molecule has 0 fully saturated rings. The van der Waals surface area contributed by atoms with E-state index in [4.69, 9.17) is 0 Å². The Bertz CT molecular complexity index is 1030. The van der Waals surface area contributed by atoms with E-state index in [0.717, 1.165) is 0 Å². The number of carbonyl (C=O) groups is 3. The minimum absolute atomic E-state index is 0.130. The van der Waals surface area contributed by atoms with Crippen LogP contribution in [0.5, 0.6) is 11.5 Å². The van der Waals surface area contributed by atoms with Crippen molar-refractivity contribution in [3.05, 3.63) is 63.2 Å². The van der Waals surface area contributed by atoms with E-state index >= 15 is 0 Å². The molecule has 5 heteroatoms. The highest BCUT2D eigenvalue weighted by atomic mass is 16.3. The predicted octanol–water partition coefficient (Wildman–Crippen LogP) is 2.79. The third-order valence-corrected chi connectivity index (χ3v) is 4.88. The number of Topliss-reactive ketones (excluding diaryl/α,β-unsaturated/α-hetero) is 1. The molecule has 0 spiro atoms. The van der Waals surface area contributed by atoms with Crippen molar-refractivity contribution in [1.29, 1.82) is 0 Å². The molecule has 2 aromatic rings. The van der Waals surface area contributed by atoms with E-state index in [1.54, 1.807) is 12.1 Å². The van der Waals surface area contributed by atoms with Crippen molar-refractivity contribution in [2.24, 2.45) is 0 Å². The molecule has 5 nitrogen and oxygen atoms in total. The van der Waals surface area contributed by atoms with Gasteiger partial charge < -0.3 is 10.2 Å². The Labute approximate surface area is 143 Å². The highest BCUT2D eigenvalue weighted by Gasteiger charge is 2.37. The lowest BCUT2D eigenvalue weighted by atomic mass is 9.78. The zero-order chi connectivity index (χ0) is 17.9. The Morgan fingerprint density at radius 3 is 2.04 bits per heavy atom. The Morgan fingerprint density at radius 1 is 0.920 bits per heavy atom. The molecule has 0 aliphatic heterocycles. The largest absolute Gasteiger partial charge is 0.507 e. The van der Waals surface area contributed by atoms with Crippen LogP contribution in [0.3, 0.4) is 0 Å². The molecule has 2 N–H and O–H groups in total. The quantitative estimate of drug-likeness (QED) is 0.668. The summed E-state index contributed by atoms with van der Waals surface area (Å²) in [6.07, 6.45) is 2.22. The molecule has 25 heavy (non-hydrogen) atoms. The van der Waals surface area contributed by atoms with E-state index < -0.39 is 11.6 Å². The number of phenols is 2. The van der Waals surface area contributed by atoms with E-state index in [1.807, 2.05) is 0 Å². The highest BCUT2D eigenvalue weighted by Crippen LogP contribution is 2.45. The molecule has 0 bridgehead atoms. The fourth-order valence-electron chi connectivity index (χ4n) is 3.58. The van der Waals surface area contributed by atoms with Crippen LogP contribution in [0.4, 0.5) is 0 Å². The van der Waals surface area contributed by atoms with Crippen LogP contribution < -0.4 is 0 Å². The van der Waals surface area contributed by atoms with Crippen LogP contribution >= 0.6 is 0 Å². The van der Waals surface area contributed by atoms with Crippen molar-refractivity contribution in [3.63, 3.8) is 0 Å². The summed E-state index contributed by atoms with van der Waals surface area (Å²) in [6, 6.07) is 6.33. The number of rotatable bonds is 1. The van der Waals surface area contributed by atoms with E-state index in [2.05, 4.69) is 0 Å². The number of phenolic OH excluding ortho intramolecular Hbond substituents is 2. The van der Waals surface area contributed by atoms with Gasteiger partial charge in [0, 0.05) is 22.3 Å². The molecule has 2 aliphatic rings. The van der Waals surface area contributed by atoms with E-state index in [1.165, 1.54) is 25.1 Å². The predicted molar refractivity (Wildman–Crippen MR) is 90.1 cm³/mol. The molecular weight excluding hydrogens is 320 g/mol. The van der Waals surface area contributed by atoms with Gasteiger partial charge in [-0.05, 0) is 31.4 Å². The summed E-state index contributed by atoms with van der Waals surface area (Å²) in [5.74, 6) is -1.76. The van der Waals surface area contributed by atoms with Gasteiger partial charge in [0.15, 0.2) is 17.3 Å². The van der Waals surface area contributed by atoms with Gasteiger partial charge >= 0.3 is 0 Å². The SMILES string of the molecule is CC(=O)C1=Cc2c(O)c3c(c(O)c2CC1)C(=O)c1ccccc1C3=O. The minimum Gasteiger partial charge on any atom is -0.507 e. The van der Waals surface area contributed by atoms with Crippen LogP contribution in [0, 0.1) is 0 Å². The number of aromatic hydroxyl groups is 2. The van der Waals surface area contributed by atoms with Crippen molar-refractivity contribution in [1.82, 2.24) is 0 Å². The molecule has 0 unspecified atom stereocenters. The number of allylic oxidation sites excluding steroid dienone is 1. The van der Waals surface area contributed by atoms with Crippen LogP contribution in [-0.2, 0) is 11.2 Å². The first-order valence-corrected chi connectivity index (χ1v) is 7.92. The summed E-state index contributed by atoms with van der Waals surface area (Å²) >= 11 is 0. The average Bonchev–Trinajstić information content (AvgIpc) is 2.62. The van der Waals surface area contributed by atoms with Gasteiger partial charge in [-0.2, -0.15) is 0 Å². The maximum atomic E-state index is 12.8. The summed E-state index contributed by atoms with van der Waals surface area (Å²) in [5.41, 5.74) is 1.21. The lowest BCUT2D eigenvalue weighted by Gasteiger charge is -2.25. The normalized spacial score (nSPS) is 15.2. The molecule has 0 aromatic heterocycles. The third-order valence-electron chi connectivity index (χ3n) is 4.88. The summed E-state index contributed by atoms with van der Waals surface area (Å²) in [5, 5.41) is 21.3. The first-order valence-electron chi connectivity index (χ1n) is 7.92. The van der Waals surface area contributed by atoms with Gasteiger partial charge in [0.1, 0.15) is 11.5 Å². The summed E-state index contributed by atoms with van der Waals surface area (Å²) in [7, 11) is 0. The number of hydrogen-bond donors (Lipinski definition) is 2. The van der Waals surface area contributed by atoms with E-state index in [9.17, 15) is 24.6 Å². The molecule has 0 radical (unpaired) electrons. The number of benzene rings is 2. The Balaban J connectivity index is 2.06. The molecule has 2 aliphatic carbocycles. The topological polar surface area (TPSA) is 91.7 Å². The van der Waals surface area contributed by atoms with Gasteiger partial charge in [-0.25, -0.2) is 0 Å². The zero-order valence-corrected chi connectivity index (χ0v) is 13.4. The molecule has 0 saturated heterocycles. The number of hydrogen-bond acceptors (Lipinski definition) is 5. The van der Waals surface area contributed by atoms with Crippen molar-refractivity contribution < 1.29 is 24.6 Å².